The predicted molar refractivity (Wildman–Crippen MR) is 311 cm³/mol. The van der Waals surface area contributed by atoms with Crippen LogP contribution >= 0.6 is 0 Å². The van der Waals surface area contributed by atoms with Crippen molar-refractivity contribution in [3.8, 4) is 0 Å². The maximum atomic E-state index is 12.0. The van der Waals surface area contributed by atoms with E-state index in [1.165, 1.54) is 0 Å². The fraction of sp³-hybridized carbons (Fsp3) is 0.964. The monoisotopic (exact) mass is 1260 g/mol. The molecule has 0 heterocycles. The molecule has 0 aliphatic rings. The lowest BCUT2D eigenvalue weighted by Crippen LogP contribution is -2.49. The van der Waals surface area contributed by atoms with E-state index in [4.69, 9.17) is 125 Å². The maximum absolute atomic E-state index is 12.0. The van der Waals surface area contributed by atoms with Crippen LogP contribution < -0.4 is 16.4 Å². The Morgan fingerprint density at radius 3 is 0.616 bits per heavy atom. The Hall–Kier alpha value is -2.26. The van der Waals surface area contributed by atoms with E-state index in [0.29, 0.717) is 304 Å². The average Bonchev–Trinajstić information content (AvgIpc) is 3.56. The van der Waals surface area contributed by atoms with Crippen LogP contribution in [-0.4, -0.2) is 352 Å². The number of rotatable bonds is 74. The molecular formula is C56H113N3O27. The van der Waals surface area contributed by atoms with E-state index in [2.05, 4.69) is 10.6 Å². The molecule has 0 aromatic carbocycles. The third-order valence-corrected chi connectivity index (χ3v) is 10.2. The standard InChI is InChI=1S/C56H113N3O27/c1-56(2,3)86-55(62)59-52-53(57)54(61)58-4-6-63-8-10-65-12-14-67-16-18-69-20-22-71-24-26-73-28-30-75-32-34-77-36-38-79-40-42-81-44-46-83-48-50-85-51-49-84-47-45-82-43-41-80-39-37-78-35-33-76-31-29-74-27-25-72-23-21-70-19-17-68-15-13-66-11-9-64-7-5-60/h53,60H,4-52,57H2,1-3H3,(H,58,61)(H,59,62). The summed E-state index contributed by atoms with van der Waals surface area (Å²) in [6, 6.07) is -0.900. The molecule has 0 spiro atoms. The highest BCUT2D eigenvalue weighted by atomic mass is 16.6. The van der Waals surface area contributed by atoms with Gasteiger partial charge >= 0.3 is 6.09 Å². The number of hydrogen-bond acceptors (Lipinski definition) is 28. The minimum atomic E-state index is -0.900. The van der Waals surface area contributed by atoms with Gasteiger partial charge in [0.05, 0.1) is 311 Å². The molecule has 86 heavy (non-hydrogen) atoms. The lowest BCUT2D eigenvalue weighted by Gasteiger charge is -2.20. The van der Waals surface area contributed by atoms with Crippen LogP contribution in [0.1, 0.15) is 20.8 Å². The number of amides is 2. The zero-order valence-electron chi connectivity index (χ0n) is 52.4. The zero-order chi connectivity index (χ0) is 62.3. The summed E-state index contributed by atoms with van der Waals surface area (Å²) in [7, 11) is 0. The van der Waals surface area contributed by atoms with Crippen molar-refractivity contribution in [1.29, 1.82) is 0 Å². The van der Waals surface area contributed by atoms with Gasteiger partial charge in [0.15, 0.2) is 0 Å². The third kappa shape index (κ3) is 74.2. The van der Waals surface area contributed by atoms with Gasteiger partial charge in [-0.05, 0) is 20.8 Å². The average molecular weight is 1260 g/mol. The summed E-state index contributed by atoms with van der Waals surface area (Å²) in [5.41, 5.74) is 5.15. The Kier molecular flexibility index (Phi) is 69.9. The summed E-state index contributed by atoms with van der Waals surface area (Å²) in [6.45, 7) is 26.8. The summed E-state index contributed by atoms with van der Waals surface area (Å²) in [5.74, 6) is -0.400. The first-order valence-corrected chi connectivity index (χ1v) is 30.1. The van der Waals surface area contributed by atoms with E-state index >= 15 is 0 Å². The molecule has 1 atom stereocenters. The number of carbonyl (C=O) groups excluding carboxylic acids is 2. The van der Waals surface area contributed by atoms with Crippen LogP contribution in [0.15, 0.2) is 0 Å². The second kappa shape index (κ2) is 71.8. The number of nitrogens with two attached hydrogens (primary N) is 1. The number of alkyl carbamates (subject to hydrolysis) is 1. The maximum Gasteiger partial charge on any atom is 0.407 e. The zero-order valence-corrected chi connectivity index (χ0v) is 52.4. The molecule has 0 aromatic heterocycles. The summed E-state index contributed by atoms with van der Waals surface area (Å²) >= 11 is 0. The molecule has 0 aliphatic heterocycles. The molecule has 1 unspecified atom stereocenters. The molecule has 0 bridgehead atoms. The lowest BCUT2D eigenvalue weighted by molar-refractivity contribution is -0.122. The van der Waals surface area contributed by atoms with Gasteiger partial charge in [-0.25, -0.2) is 4.79 Å². The molecule has 0 fully saturated rings. The van der Waals surface area contributed by atoms with E-state index in [1.54, 1.807) is 20.8 Å². The van der Waals surface area contributed by atoms with Crippen molar-refractivity contribution in [3.63, 3.8) is 0 Å². The van der Waals surface area contributed by atoms with Crippen LogP contribution in [0, 0.1) is 0 Å². The van der Waals surface area contributed by atoms with Crippen LogP contribution in [0.3, 0.4) is 0 Å². The first kappa shape index (κ1) is 83.7. The van der Waals surface area contributed by atoms with Gasteiger partial charge in [-0.1, -0.05) is 0 Å². The summed E-state index contributed by atoms with van der Waals surface area (Å²) in [5, 5.41) is 13.7. The fourth-order valence-corrected chi connectivity index (χ4v) is 5.98. The van der Waals surface area contributed by atoms with Crippen LogP contribution in [0.25, 0.3) is 0 Å². The van der Waals surface area contributed by atoms with Gasteiger partial charge in [0.1, 0.15) is 11.6 Å². The second-order valence-electron chi connectivity index (χ2n) is 18.6. The van der Waals surface area contributed by atoms with Crippen molar-refractivity contribution in [2.45, 2.75) is 32.4 Å². The van der Waals surface area contributed by atoms with Crippen molar-refractivity contribution in [3.05, 3.63) is 0 Å². The molecular weight excluding hydrogens is 1150 g/mol. The summed E-state index contributed by atoms with van der Waals surface area (Å²) in [6.07, 6.45) is -0.631. The molecule has 0 aromatic rings. The third-order valence-electron chi connectivity index (χ3n) is 10.2. The van der Waals surface area contributed by atoms with E-state index in [9.17, 15) is 9.59 Å². The minimum Gasteiger partial charge on any atom is -0.444 e. The number of nitrogens with one attached hydrogen (secondary N) is 2. The van der Waals surface area contributed by atoms with Crippen LogP contribution in [0.2, 0.25) is 0 Å². The van der Waals surface area contributed by atoms with E-state index in [0.717, 1.165) is 0 Å². The van der Waals surface area contributed by atoms with Gasteiger partial charge in [-0.15, -0.1) is 0 Å². The normalized spacial score (nSPS) is 12.2. The molecule has 0 radical (unpaired) electrons. The molecule has 0 aliphatic carbocycles. The molecule has 5 N–H and O–H groups in total. The van der Waals surface area contributed by atoms with Gasteiger partial charge in [-0.3, -0.25) is 4.79 Å². The number of aliphatic hydroxyl groups excluding tert-OH is 1. The number of carbonyl (C=O) groups is 2. The Labute approximate surface area is 511 Å². The quantitative estimate of drug-likeness (QED) is 0.0549. The molecule has 2 amide bonds. The smallest absolute Gasteiger partial charge is 0.407 e. The van der Waals surface area contributed by atoms with Crippen molar-refractivity contribution >= 4 is 12.0 Å². The highest BCUT2D eigenvalue weighted by molar-refractivity contribution is 5.82. The molecule has 0 saturated carbocycles. The fourth-order valence-electron chi connectivity index (χ4n) is 5.98. The van der Waals surface area contributed by atoms with Crippen molar-refractivity contribution in [2.75, 3.05) is 324 Å². The van der Waals surface area contributed by atoms with E-state index < -0.39 is 23.6 Å². The first-order chi connectivity index (χ1) is 42.3. The Bertz CT molecular complexity index is 1340. The van der Waals surface area contributed by atoms with E-state index in [1.807, 2.05) is 0 Å². The van der Waals surface area contributed by atoms with Gasteiger partial charge in [0, 0.05) is 13.1 Å². The topological polar surface area (TPSA) is 326 Å². The summed E-state index contributed by atoms with van der Waals surface area (Å²) < 4.78 is 131. The van der Waals surface area contributed by atoms with E-state index in [-0.39, 0.29) is 19.7 Å². The number of aliphatic hydroxyl groups is 1. The highest BCUT2D eigenvalue weighted by Gasteiger charge is 2.19. The largest absolute Gasteiger partial charge is 0.444 e. The van der Waals surface area contributed by atoms with Crippen LogP contribution in [0.4, 0.5) is 4.79 Å². The Morgan fingerprint density at radius 2 is 0.453 bits per heavy atom. The van der Waals surface area contributed by atoms with Gasteiger partial charge in [0.2, 0.25) is 5.91 Å². The van der Waals surface area contributed by atoms with Gasteiger partial charge < -0.3 is 135 Å². The van der Waals surface area contributed by atoms with Gasteiger partial charge in [-0.2, -0.15) is 0 Å². The number of ether oxygens (including phenoxy) is 24. The van der Waals surface area contributed by atoms with Gasteiger partial charge in [0.25, 0.3) is 0 Å². The van der Waals surface area contributed by atoms with Crippen molar-refractivity contribution < 1.29 is 128 Å². The molecule has 30 nitrogen and oxygen atoms in total. The first-order valence-electron chi connectivity index (χ1n) is 30.1. The lowest BCUT2D eigenvalue weighted by atomic mass is 10.2. The second-order valence-corrected chi connectivity index (χ2v) is 18.6. The highest BCUT2D eigenvalue weighted by Crippen LogP contribution is 2.06. The molecule has 0 rings (SSSR count). The predicted octanol–water partition coefficient (Wildman–Crippen LogP) is -0.671. The van der Waals surface area contributed by atoms with Crippen LogP contribution in [-0.2, 0) is 118 Å². The molecule has 514 valence electrons. The number of hydrogen-bond donors (Lipinski definition) is 4. The summed E-state index contributed by atoms with van der Waals surface area (Å²) in [4.78, 5) is 23.7. The van der Waals surface area contributed by atoms with Crippen molar-refractivity contribution in [2.24, 2.45) is 5.73 Å². The molecule has 30 heteroatoms. The van der Waals surface area contributed by atoms with Crippen LogP contribution in [0.5, 0.6) is 0 Å². The molecule has 0 saturated heterocycles. The van der Waals surface area contributed by atoms with Crippen molar-refractivity contribution in [1.82, 2.24) is 10.6 Å². The minimum absolute atomic E-state index is 0.0156. The Balaban J connectivity index is 3.14. The Morgan fingerprint density at radius 1 is 0.291 bits per heavy atom. The SMILES string of the molecule is CC(C)(C)OC(=O)NCC(N)C(=O)NCCOCCOCCOCCOCCOCCOCCOCCOCCOCCOCCOCCOCCOCCOCCOCCOCCOCCOCCOCCOCCOCCOCCOCCO.